The van der Waals surface area contributed by atoms with E-state index in [2.05, 4.69) is 22.4 Å². The van der Waals surface area contributed by atoms with E-state index in [0.29, 0.717) is 11.6 Å². The van der Waals surface area contributed by atoms with Crippen molar-refractivity contribution in [3.63, 3.8) is 0 Å². The Morgan fingerprint density at radius 3 is 3.06 bits per heavy atom. The first-order chi connectivity index (χ1) is 8.76. The molecule has 0 spiro atoms. The molecule has 0 radical (unpaired) electrons. The summed E-state index contributed by atoms with van der Waals surface area (Å²) in [6, 6.07) is 5.64. The van der Waals surface area contributed by atoms with E-state index >= 15 is 0 Å². The van der Waals surface area contributed by atoms with Crippen LogP contribution in [0.3, 0.4) is 0 Å². The van der Waals surface area contributed by atoms with Crippen molar-refractivity contribution in [3.05, 3.63) is 46.7 Å². The summed E-state index contributed by atoms with van der Waals surface area (Å²) in [5.41, 5.74) is 3.08. The van der Waals surface area contributed by atoms with Crippen molar-refractivity contribution in [1.29, 1.82) is 0 Å². The summed E-state index contributed by atoms with van der Waals surface area (Å²) in [4.78, 5) is 1.71. The summed E-state index contributed by atoms with van der Waals surface area (Å²) < 4.78 is 0. The lowest BCUT2D eigenvalue weighted by Crippen LogP contribution is -2.30. The van der Waals surface area contributed by atoms with Gasteiger partial charge in [-0.3, -0.25) is 0 Å². The molecule has 0 atom stereocenters. The van der Waals surface area contributed by atoms with Crippen LogP contribution >= 0.6 is 11.6 Å². The maximum absolute atomic E-state index is 5.92. The van der Waals surface area contributed by atoms with Crippen molar-refractivity contribution < 1.29 is 0 Å². The van der Waals surface area contributed by atoms with Gasteiger partial charge in [-0.25, -0.2) is 0 Å². The Labute approximate surface area is 110 Å². The zero-order chi connectivity index (χ0) is 12.5. The number of nitrogens with zero attached hydrogens (tertiary/aromatic N) is 5. The van der Waals surface area contributed by atoms with Crippen LogP contribution in [0.4, 0.5) is 5.69 Å². The molecule has 5 nitrogen and oxygen atoms in total. The summed E-state index contributed by atoms with van der Waals surface area (Å²) in [5.74, 6) is 0. The Hall–Kier alpha value is -1.88. The Balaban J connectivity index is 1.89. The lowest BCUT2D eigenvalue weighted by atomic mass is 10.2. The molecule has 1 aromatic carbocycles. The number of rotatable bonds is 2. The molecule has 0 aliphatic carbocycles. The van der Waals surface area contributed by atoms with Gasteiger partial charge in [0.05, 0.1) is 24.6 Å². The number of hydrogen-bond acceptors (Lipinski definition) is 4. The lowest BCUT2D eigenvalue weighted by molar-refractivity contribution is 0.514. The van der Waals surface area contributed by atoms with Gasteiger partial charge in [0.15, 0.2) is 0 Å². The first-order valence-corrected chi connectivity index (χ1v) is 6.15. The van der Waals surface area contributed by atoms with Crippen LogP contribution in [-0.2, 0) is 13.0 Å². The lowest BCUT2D eigenvalue weighted by Gasteiger charge is -2.21. The van der Waals surface area contributed by atoms with Gasteiger partial charge < -0.3 is 0 Å². The van der Waals surface area contributed by atoms with Crippen molar-refractivity contribution in [2.75, 3.05) is 5.12 Å². The number of hydrogen-bond donors (Lipinski definition) is 0. The second-order valence-electron chi connectivity index (χ2n) is 4.12. The monoisotopic (exact) mass is 261 g/mol. The molecule has 0 unspecified atom stereocenters. The molecule has 92 valence electrons. The minimum atomic E-state index is 0.640. The molecule has 0 saturated heterocycles. The highest BCUT2D eigenvalue weighted by Gasteiger charge is 2.15. The van der Waals surface area contributed by atoms with Crippen molar-refractivity contribution in [2.45, 2.75) is 19.9 Å². The fraction of sp³-hybridized carbons (Fsp3) is 0.250. The zero-order valence-electron chi connectivity index (χ0n) is 9.91. The Morgan fingerprint density at radius 1 is 1.39 bits per heavy atom. The summed E-state index contributed by atoms with van der Waals surface area (Å²) >= 11 is 5.92. The Kier molecular flexibility index (Phi) is 2.76. The van der Waals surface area contributed by atoms with E-state index in [-0.39, 0.29) is 0 Å². The van der Waals surface area contributed by atoms with Crippen LogP contribution in [0.1, 0.15) is 18.1 Å². The first-order valence-electron chi connectivity index (χ1n) is 5.77. The average molecular weight is 262 g/mol. The summed E-state index contributed by atoms with van der Waals surface area (Å²) in [7, 11) is 0. The SMILES string of the molecule is CCc1cnn(N2Cc3ccc(Cl)cc3N=N2)c1. The zero-order valence-corrected chi connectivity index (χ0v) is 10.7. The predicted molar refractivity (Wildman–Crippen MR) is 69.5 cm³/mol. The van der Waals surface area contributed by atoms with Gasteiger partial charge in [-0.15, -0.1) is 5.11 Å². The van der Waals surface area contributed by atoms with Crippen LogP contribution in [-0.4, -0.2) is 9.89 Å². The number of fused-ring (bicyclic) bond motifs is 1. The molecule has 6 heteroatoms. The third kappa shape index (κ3) is 1.97. The van der Waals surface area contributed by atoms with Crippen molar-refractivity contribution in [2.24, 2.45) is 10.3 Å². The molecule has 0 N–H and O–H groups in total. The fourth-order valence-corrected chi connectivity index (χ4v) is 1.98. The molecule has 0 fully saturated rings. The minimum Gasteiger partial charge on any atom is -0.161 e. The highest BCUT2D eigenvalue weighted by molar-refractivity contribution is 6.30. The quantitative estimate of drug-likeness (QED) is 0.833. The van der Waals surface area contributed by atoms with Gasteiger partial charge in [-0.2, -0.15) is 15.0 Å². The molecule has 2 aromatic rings. The molecule has 0 saturated carbocycles. The second kappa shape index (κ2) is 4.42. The van der Waals surface area contributed by atoms with E-state index in [1.54, 1.807) is 9.91 Å². The van der Waals surface area contributed by atoms with Gasteiger partial charge in [0.1, 0.15) is 0 Å². The van der Waals surface area contributed by atoms with Crippen LogP contribution in [0.5, 0.6) is 0 Å². The smallest absolute Gasteiger partial charge is 0.0941 e. The van der Waals surface area contributed by atoms with Gasteiger partial charge >= 0.3 is 0 Å². The standard InChI is InChI=1S/C12H12ClN5/c1-2-9-6-14-17(7-9)18-8-10-3-4-11(13)5-12(10)15-16-18/h3-7H,2,8H2,1H3. The van der Waals surface area contributed by atoms with E-state index in [4.69, 9.17) is 11.6 Å². The molecule has 2 heterocycles. The Bertz CT molecular complexity index is 604. The molecule has 3 rings (SSSR count). The molecular formula is C12H12ClN5. The minimum absolute atomic E-state index is 0.640. The molecule has 18 heavy (non-hydrogen) atoms. The molecule has 0 bridgehead atoms. The second-order valence-corrected chi connectivity index (χ2v) is 4.55. The van der Waals surface area contributed by atoms with Gasteiger partial charge in [-0.1, -0.05) is 24.6 Å². The predicted octanol–water partition coefficient (Wildman–Crippen LogP) is 3.25. The van der Waals surface area contributed by atoms with Gasteiger partial charge in [0.25, 0.3) is 0 Å². The third-order valence-corrected chi connectivity index (χ3v) is 3.12. The number of benzene rings is 1. The largest absolute Gasteiger partial charge is 0.161 e. The van der Waals surface area contributed by atoms with Crippen LogP contribution in [0.25, 0.3) is 0 Å². The molecule has 1 aliphatic rings. The maximum Gasteiger partial charge on any atom is 0.0941 e. The molecular weight excluding hydrogens is 250 g/mol. The van der Waals surface area contributed by atoms with Crippen molar-refractivity contribution in [1.82, 2.24) is 9.89 Å². The van der Waals surface area contributed by atoms with E-state index in [1.807, 2.05) is 30.6 Å². The maximum atomic E-state index is 5.92. The van der Waals surface area contributed by atoms with Crippen LogP contribution in [0, 0.1) is 0 Å². The number of aromatic nitrogens is 2. The van der Waals surface area contributed by atoms with E-state index in [9.17, 15) is 0 Å². The topological polar surface area (TPSA) is 45.8 Å². The normalized spacial score (nSPS) is 13.8. The van der Waals surface area contributed by atoms with Gasteiger partial charge in [0, 0.05) is 10.6 Å². The van der Waals surface area contributed by atoms with Crippen molar-refractivity contribution >= 4 is 17.3 Å². The third-order valence-electron chi connectivity index (χ3n) is 2.88. The van der Waals surface area contributed by atoms with Crippen molar-refractivity contribution in [3.8, 4) is 0 Å². The van der Waals surface area contributed by atoms with E-state index in [0.717, 1.165) is 17.7 Å². The van der Waals surface area contributed by atoms with Gasteiger partial charge in [-0.05, 0) is 29.3 Å². The summed E-state index contributed by atoms with van der Waals surface area (Å²) in [5, 5.41) is 14.9. The highest BCUT2D eigenvalue weighted by atomic mass is 35.5. The van der Waals surface area contributed by atoms with Crippen LogP contribution < -0.4 is 5.12 Å². The molecule has 0 amide bonds. The van der Waals surface area contributed by atoms with Crippen LogP contribution in [0.2, 0.25) is 5.02 Å². The van der Waals surface area contributed by atoms with Crippen LogP contribution in [0.15, 0.2) is 40.9 Å². The number of aryl methyl sites for hydroxylation is 1. The molecule has 1 aromatic heterocycles. The fourth-order valence-electron chi connectivity index (χ4n) is 1.82. The van der Waals surface area contributed by atoms with E-state index in [1.165, 1.54) is 5.56 Å². The molecule has 1 aliphatic heterocycles. The first kappa shape index (κ1) is 11.2. The summed E-state index contributed by atoms with van der Waals surface area (Å²) in [6.07, 6.45) is 4.75. The highest BCUT2D eigenvalue weighted by Crippen LogP contribution is 2.28. The Morgan fingerprint density at radius 2 is 2.28 bits per heavy atom. The summed E-state index contributed by atoms with van der Waals surface area (Å²) in [6.45, 7) is 2.73. The average Bonchev–Trinajstić information content (AvgIpc) is 2.87. The number of halogens is 1. The van der Waals surface area contributed by atoms with Gasteiger partial charge in [0.2, 0.25) is 0 Å². The van der Waals surface area contributed by atoms with E-state index < -0.39 is 0 Å².